The Hall–Kier alpha value is -2.32. The smallest absolute Gasteiger partial charge is 0.407 e. The van der Waals surface area contributed by atoms with Crippen molar-refractivity contribution in [3.63, 3.8) is 0 Å². The Labute approximate surface area is 193 Å². The molecule has 1 aromatic carbocycles. The summed E-state index contributed by atoms with van der Waals surface area (Å²) in [6, 6.07) is 11.3. The number of carbonyl (C=O) groups excluding carboxylic acids is 1. The zero-order valence-corrected chi connectivity index (χ0v) is 20.5. The summed E-state index contributed by atoms with van der Waals surface area (Å²) in [6.07, 6.45) is 1.46. The molecule has 1 atom stereocenters. The van der Waals surface area contributed by atoms with Crippen LogP contribution in [0, 0.1) is 0 Å². The van der Waals surface area contributed by atoms with Crippen LogP contribution in [0.1, 0.15) is 45.2 Å². The van der Waals surface area contributed by atoms with Crippen LogP contribution in [0.4, 0.5) is 4.79 Å². The minimum Gasteiger partial charge on any atom is -0.444 e. The van der Waals surface area contributed by atoms with Gasteiger partial charge < -0.3 is 25.6 Å². The van der Waals surface area contributed by atoms with Gasteiger partial charge in [0.2, 0.25) is 0 Å². The summed E-state index contributed by atoms with van der Waals surface area (Å²) in [5.41, 5.74) is 0.920. The largest absolute Gasteiger partial charge is 0.444 e. The molecule has 2 rings (SSSR count). The highest BCUT2D eigenvalue weighted by Gasteiger charge is 2.25. The topological polar surface area (TPSA) is 81.2 Å². The first-order valence-electron chi connectivity index (χ1n) is 11.7. The van der Waals surface area contributed by atoms with E-state index in [2.05, 4.69) is 68.1 Å². The highest BCUT2D eigenvalue weighted by atomic mass is 16.6. The number of piperazine rings is 1. The highest BCUT2D eigenvalue weighted by molar-refractivity contribution is 5.79. The third-order valence-corrected chi connectivity index (χ3v) is 5.33. The molecule has 32 heavy (non-hydrogen) atoms. The molecule has 1 aromatic rings. The van der Waals surface area contributed by atoms with Crippen molar-refractivity contribution >= 4 is 12.1 Å². The first-order chi connectivity index (χ1) is 15.3. The third kappa shape index (κ3) is 9.87. The number of hydrogen-bond donors (Lipinski definition) is 3. The van der Waals surface area contributed by atoms with Gasteiger partial charge in [0.15, 0.2) is 5.96 Å². The zero-order valence-electron chi connectivity index (χ0n) is 20.5. The number of rotatable bonds is 9. The number of alkyl carbamates (subject to hydrolysis) is 1. The van der Waals surface area contributed by atoms with Gasteiger partial charge in [0.25, 0.3) is 0 Å². The lowest BCUT2D eigenvalue weighted by Crippen LogP contribution is -2.47. The summed E-state index contributed by atoms with van der Waals surface area (Å²) in [4.78, 5) is 20.9. The average molecular weight is 447 g/mol. The Morgan fingerprint density at radius 2 is 1.72 bits per heavy atom. The van der Waals surface area contributed by atoms with Crippen molar-refractivity contribution in [2.24, 2.45) is 4.99 Å². The van der Waals surface area contributed by atoms with Crippen LogP contribution >= 0.6 is 0 Å². The Morgan fingerprint density at radius 3 is 2.38 bits per heavy atom. The third-order valence-electron chi connectivity index (χ3n) is 5.33. The number of ether oxygens (including phenoxy) is 1. The molecule has 0 saturated carbocycles. The zero-order chi connectivity index (χ0) is 23.4. The summed E-state index contributed by atoms with van der Waals surface area (Å²) in [5, 5.41) is 9.46. The van der Waals surface area contributed by atoms with Crippen LogP contribution in [0.25, 0.3) is 0 Å². The van der Waals surface area contributed by atoms with E-state index in [1.54, 1.807) is 7.05 Å². The van der Waals surface area contributed by atoms with Crippen LogP contribution in [0.15, 0.2) is 35.3 Å². The predicted octanol–water partition coefficient (Wildman–Crippen LogP) is 2.45. The second-order valence-corrected chi connectivity index (χ2v) is 9.29. The number of benzene rings is 1. The Morgan fingerprint density at radius 1 is 1.06 bits per heavy atom. The number of aliphatic imine (C=N–C) groups is 1. The van der Waals surface area contributed by atoms with Crippen molar-refractivity contribution in [3.8, 4) is 0 Å². The van der Waals surface area contributed by atoms with Crippen molar-refractivity contribution in [1.82, 2.24) is 25.8 Å². The van der Waals surface area contributed by atoms with Crippen LogP contribution in [0.5, 0.6) is 0 Å². The van der Waals surface area contributed by atoms with Crippen LogP contribution in [0.2, 0.25) is 0 Å². The number of guanidine groups is 1. The van der Waals surface area contributed by atoms with Crippen LogP contribution in [-0.4, -0.2) is 87.4 Å². The fourth-order valence-corrected chi connectivity index (χ4v) is 3.73. The van der Waals surface area contributed by atoms with Gasteiger partial charge in [-0.1, -0.05) is 30.3 Å². The lowest BCUT2D eigenvalue weighted by atomic mass is 10.0. The molecule has 1 saturated heterocycles. The Kier molecular flexibility index (Phi) is 10.8. The lowest BCUT2D eigenvalue weighted by Gasteiger charge is -2.40. The van der Waals surface area contributed by atoms with Crippen molar-refractivity contribution in [1.29, 1.82) is 0 Å². The van der Waals surface area contributed by atoms with E-state index < -0.39 is 5.60 Å². The van der Waals surface area contributed by atoms with E-state index in [1.165, 1.54) is 5.56 Å². The number of hydrogen-bond acceptors (Lipinski definition) is 5. The maximum absolute atomic E-state index is 11.7. The molecule has 0 radical (unpaired) electrons. The van der Waals surface area contributed by atoms with Crippen molar-refractivity contribution < 1.29 is 9.53 Å². The molecule has 0 spiro atoms. The fourth-order valence-electron chi connectivity index (χ4n) is 3.73. The summed E-state index contributed by atoms with van der Waals surface area (Å²) in [7, 11) is 3.98. The molecule has 1 amide bonds. The number of likely N-dealkylation sites (N-methyl/N-ethyl adjacent to an activating group) is 1. The van der Waals surface area contributed by atoms with E-state index in [4.69, 9.17) is 4.74 Å². The minimum atomic E-state index is -0.473. The molecule has 0 aliphatic carbocycles. The lowest BCUT2D eigenvalue weighted by molar-refractivity contribution is 0.0527. The van der Waals surface area contributed by atoms with E-state index in [-0.39, 0.29) is 6.09 Å². The monoisotopic (exact) mass is 446 g/mol. The molecular weight excluding hydrogens is 404 g/mol. The molecular formula is C24H42N6O2. The summed E-state index contributed by atoms with van der Waals surface area (Å²) in [6.45, 7) is 12.0. The van der Waals surface area contributed by atoms with E-state index in [0.717, 1.165) is 58.1 Å². The second kappa shape index (κ2) is 13.3. The molecule has 1 fully saturated rings. The first-order valence-corrected chi connectivity index (χ1v) is 11.7. The van der Waals surface area contributed by atoms with Gasteiger partial charge in [-0.15, -0.1) is 0 Å². The van der Waals surface area contributed by atoms with Crippen molar-refractivity contribution in [2.75, 3.05) is 59.9 Å². The Bertz CT molecular complexity index is 704. The molecule has 1 aliphatic rings. The normalized spacial score (nSPS) is 18.3. The number of amides is 1. The van der Waals surface area contributed by atoms with Crippen LogP contribution in [0.3, 0.4) is 0 Å². The first kappa shape index (κ1) is 25.9. The Balaban J connectivity index is 1.63. The van der Waals surface area contributed by atoms with Gasteiger partial charge in [0.1, 0.15) is 5.60 Å². The van der Waals surface area contributed by atoms with E-state index in [0.29, 0.717) is 12.6 Å². The minimum absolute atomic E-state index is 0.377. The van der Waals surface area contributed by atoms with Gasteiger partial charge in [0, 0.05) is 58.9 Å². The molecule has 8 nitrogen and oxygen atoms in total. The quantitative estimate of drug-likeness (QED) is 0.307. The molecule has 1 aliphatic heterocycles. The maximum atomic E-state index is 11.7. The predicted molar refractivity (Wildman–Crippen MR) is 131 cm³/mol. The summed E-state index contributed by atoms with van der Waals surface area (Å²) in [5.74, 6) is 0.792. The summed E-state index contributed by atoms with van der Waals surface area (Å²) < 4.78 is 5.23. The maximum Gasteiger partial charge on any atom is 0.407 e. The van der Waals surface area contributed by atoms with Gasteiger partial charge in [-0.2, -0.15) is 0 Å². The van der Waals surface area contributed by atoms with E-state index >= 15 is 0 Å². The molecule has 0 bridgehead atoms. The van der Waals surface area contributed by atoms with Gasteiger partial charge in [-0.25, -0.2) is 4.79 Å². The fraction of sp³-hybridized carbons (Fsp3) is 0.667. The van der Waals surface area contributed by atoms with Crippen LogP contribution < -0.4 is 16.0 Å². The highest BCUT2D eigenvalue weighted by Crippen LogP contribution is 2.24. The van der Waals surface area contributed by atoms with Gasteiger partial charge in [-0.3, -0.25) is 9.89 Å². The number of nitrogens with one attached hydrogen (secondary N) is 3. The van der Waals surface area contributed by atoms with Gasteiger partial charge in [-0.05, 0) is 46.2 Å². The SMILES string of the molecule is CN=C(NCCCNC(=O)OC(C)(C)C)NCCCN1CCN(C)CC1c1ccccc1. The van der Waals surface area contributed by atoms with Crippen LogP contribution in [-0.2, 0) is 4.74 Å². The molecule has 1 unspecified atom stereocenters. The molecule has 180 valence electrons. The van der Waals surface area contributed by atoms with Gasteiger partial charge >= 0.3 is 6.09 Å². The molecule has 8 heteroatoms. The van der Waals surface area contributed by atoms with E-state index in [9.17, 15) is 4.79 Å². The average Bonchev–Trinajstić information content (AvgIpc) is 2.75. The molecule has 1 heterocycles. The van der Waals surface area contributed by atoms with Crippen molar-refractivity contribution in [3.05, 3.63) is 35.9 Å². The number of carbonyl (C=O) groups is 1. The standard InChI is InChI=1S/C24H42N6O2/c1-24(2,3)32-23(31)28-14-9-13-26-22(25-4)27-15-10-16-30-18-17-29(5)19-21(30)20-11-7-6-8-12-20/h6-8,11-12,21H,9-10,13-19H2,1-5H3,(H,28,31)(H2,25,26,27). The molecule has 0 aromatic heterocycles. The number of nitrogens with zero attached hydrogens (tertiary/aromatic N) is 3. The van der Waals surface area contributed by atoms with Crippen molar-refractivity contribution in [2.45, 2.75) is 45.3 Å². The molecule has 3 N–H and O–H groups in total. The summed E-state index contributed by atoms with van der Waals surface area (Å²) >= 11 is 0. The van der Waals surface area contributed by atoms with E-state index in [1.807, 2.05) is 20.8 Å². The van der Waals surface area contributed by atoms with Gasteiger partial charge in [0.05, 0.1) is 0 Å². The second-order valence-electron chi connectivity index (χ2n) is 9.29.